The van der Waals surface area contributed by atoms with Gasteiger partial charge in [-0.25, -0.2) is 5.43 Å². The Labute approximate surface area is 145 Å². The standard InChI is InChI=1S/C18H19N3O4/c1-12-4-6-13(7-5-12)11-19-21-18(23)17(22)20-14-8-9-15(24-2)16(10-14)25-3/h4-11H,1-3H3,(H,20,22)(H,21,23). The van der Waals surface area contributed by atoms with E-state index in [1.165, 1.54) is 20.4 Å². The lowest BCUT2D eigenvalue weighted by atomic mass is 10.2. The molecule has 130 valence electrons. The summed E-state index contributed by atoms with van der Waals surface area (Å²) >= 11 is 0. The molecule has 0 aliphatic carbocycles. The van der Waals surface area contributed by atoms with E-state index in [0.29, 0.717) is 17.2 Å². The zero-order valence-corrected chi connectivity index (χ0v) is 14.2. The number of aryl methyl sites for hydroxylation is 1. The van der Waals surface area contributed by atoms with E-state index in [1.54, 1.807) is 18.2 Å². The number of rotatable bonds is 5. The maximum absolute atomic E-state index is 11.9. The number of hydrazone groups is 1. The number of amides is 2. The van der Waals surface area contributed by atoms with Gasteiger partial charge in [-0.3, -0.25) is 9.59 Å². The molecular formula is C18H19N3O4. The monoisotopic (exact) mass is 341 g/mol. The molecule has 25 heavy (non-hydrogen) atoms. The van der Waals surface area contributed by atoms with Crippen LogP contribution in [0.15, 0.2) is 47.6 Å². The Hall–Kier alpha value is -3.35. The summed E-state index contributed by atoms with van der Waals surface area (Å²) in [4.78, 5) is 23.7. The van der Waals surface area contributed by atoms with E-state index in [9.17, 15) is 9.59 Å². The molecule has 0 saturated heterocycles. The van der Waals surface area contributed by atoms with Crippen LogP contribution in [0.2, 0.25) is 0 Å². The van der Waals surface area contributed by atoms with Crippen LogP contribution in [0.5, 0.6) is 11.5 Å². The van der Waals surface area contributed by atoms with Gasteiger partial charge in [-0.2, -0.15) is 5.10 Å². The first-order chi connectivity index (χ1) is 12.0. The predicted molar refractivity (Wildman–Crippen MR) is 95.1 cm³/mol. The highest BCUT2D eigenvalue weighted by Crippen LogP contribution is 2.29. The molecule has 0 fully saturated rings. The van der Waals surface area contributed by atoms with Gasteiger partial charge in [-0.1, -0.05) is 29.8 Å². The first kappa shape index (κ1) is 18.0. The second-order valence-electron chi connectivity index (χ2n) is 5.13. The Morgan fingerprint density at radius 1 is 0.960 bits per heavy atom. The van der Waals surface area contributed by atoms with Crippen LogP contribution in [0, 0.1) is 6.92 Å². The lowest BCUT2D eigenvalue weighted by Crippen LogP contribution is -2.32. The van der Waals surface area contributed by atoms with Gasteiger partial charge in [0.2, 0.25) is 0 Å². The molecule has 0 spiro atoms. The molecule has 7 nitrogen and oxygen atoms in total. The van der Waals surface area contributed by atoms with Crippen molar-refractivity contribution in [2.75, 3.05) is 19.5 Å². The number of methoxy groups -OCH3 is 2. The first-order valence-electron chi connectivity index (χ1n) is 7.46. The van der Waals surface area contributed by atoms with Crippen LogP contribution in [0.1, 0.15) is 11.1 Å². The zero-order valence-electron chi connectivity index (χ0n) is 14.2. The summed E-state index contributed by atoms with van der Waals surface area (Å²) in [6.45, 7) is 1.97. The Kier molecular flexibility index (Phi) is 6.11. The second-order valence-corrected chi connectivity index (χ2v) is 5.13. The molecule has 0 radical (unpaired) electrons. The van der Waals surface area contributed by atoms with Crippen molar-refractivity contribution < 1.29 is 19.1 Å². The number of ether oxygens (including phenoxy) is 2. The van der Waals surface area contributed by atoms with Crippen LogP contribution in [-0.4, -0.2) is 32.2 Å². The third-order valence-electron chi connectivity index (χ3n) is 3.30. The molecule has 2 aromatic carbocycles. The lowest BCUT2D eigenvalue weighted by Gasteiger charge is -2.10. The summed E-state index contributed by atoms with van der Waals surface area (Å²) in [5.41, 5.74) is 4.51. The van der Waals surface area contributed by atoms with Gasteiger partial charge in [-0.15, -0.1) is 0 Å². The molecule has 7 heteroatoms. The van der Waals surface area contributed by atoms with Crippen molar-refractivity contribution >= 4 is 23.7 Å². The minimum atomic E-state index is -0.877. The van der Waals surface area contributed by atoms with Crippen LogP contribution in [0.4, 0.5) is 5.69 Å². The zero-order chi connectivity index (χ0) is 18.2. The fourth-order valence-corrected chi connectivity index (χ4v) is 1.97. The highest BCUT2D eigenvalue weighted by atomic mass is 16.5. The number of carbonyl (C=O) groups excluding carboxylic acids is 2. The number of nitrogens with one attached hydrogen (secondary N) is 2. The fraction of sp³-hybridized carbons (Fsp3) is 0.167. The lowest BCUT2D eigenvalue weighted by molar-refractivity contribution is -0.136. The molecule has 2 aromatic rings. The number of hydrogen-bond acceptors (Lipinski definition) is 5. The fourth-order valence-electron chi connectivity index (χ4n) is 1.97. The normalized spacial score (nSPS) is 10.4. The molecule has 0 bridgehead atoms. The SMILES string of the molecule is COc1ccc(NC(=O)C(=O)NN=Cc2ccc(C)cc2)cc1OC. The quantitative estimate of drug-likeness (QED) is 0.495. The number of carbonyl (C=O) groups is 2. The Morgan fingerprint density at radius 2 is 1.64 bits per heavy atom. The summed E-state index contributed by atoms with van der Waals surface area (Å²) in [5.74, 6) is -0.753. The van der Waals surface area contributed by atoms with Gasteiger partial charge in [-0.05, 0) is 24.6 Å². The van der Waals surface area contributed by atoms with Crippen LogP contribution in [0.25, 0.3) is 0 Å². The van der Waals surface area contributed by atoms with E-state index in [-0.39, 0.29) is 0 Å². The summed E-state index contributed by atoms with van der Waals surface area (Å²) in [6.07, 6.45) is 1.46. The van der Waals surface area contributed by atoms with Crippen molar-refractivity contribution in [1.82, 2.24) is 5.43 Å². The van der Waals surface area contributed by atoms with E-state index in [2.05, 4.69) is 15.8 Å². The highest BCUT2D eigenvalue weighted by Gasteiger charge is 2.14. The van der Waals surface area contributed by atoms with Gasteiger partial charge in [0.05, 0.1) is 20.4 Å². The van der Waals surface area contributed by atoms with Crippen LogP contribution in [-0.2, 0) is 9.59 Å². The molecule has 0 unspecified atom stereocenters. The Morgan fingerprint density at radius 3 is 2.28 bits per heavy atom. The molecule has 0 aliphatic heterocycles. The summed E-state index contributed by atoms with van der Waals surface area (Å²) in [5, 5.41) is 6.23. The molecular weight excluding hydrogens is 322 g/mol. The molecule has 0 heterocycles. The van der Waals surface area contributed by atoms with E-state index in [4.69, 9.17) is 9.47 Å². The summed E-state index contributed by atoms with van der Waals surface area (Å²) in [7, 11) is 2.99. The van der Waals surface area contributed by atoms with Gasteiger partial charge in [0.1, 0.15) is 0 Å². The molecule has 2 rings (SSSR count). The van der Waals surface area contributed by atoms with Gasteiger partial charge >= 0.3 is 11.8 Å². The van der Waals surface area contributed by atoms with Crippen molar-refractivity contribution in [3.8, 4) is 11.5 Å². The maximum atomic E-state index is 11.9. The average molecular weight is 341 g/mol. The van der Waals surface area contributed by atoms with Crippen molar-refractivity contribution in [2.45, 2.75) is 6.92 Å². The smallest absolute Gasteiger partial charge is 0.329 e. The summed E-state index contributed by atoms with van der Waals surface area (Å²) < 4.78 is 10.3. The highest BCUT2D eigenvalue weighted by molar-refractivity contribution is 6.39. The number of hydrogen-bond donors (Lipinski definition) is 2. The van der Waals surface area contributed by atoms with Crippen LogP contribution < -0.4 is 20.2 Å². The van der Waals surface area contributed by atoms with Crippen LogP contribution >= 0.6 is 0 Å². The Bertz CT molecular complexity index is 785. The third kappa shape index (κ3) is 5.07. The number of nitrogens with zero attached hydrogens (tertiary/aromatic N) is 1. The van der Waals surface area contributed by atoms with Crippen molar-refractivity contribution in [1.29, 1.82) is 0 Å². The first-order valence-corrected chi connectivity index (χ1v) is 7.46. The second kappa shape index (κ2) is 8.49. The van der Waals surface area contributed by atoms with Gasteiger partial charge < -0.3 is 14.8 Å². The molecule has 0 saturated carbocycles. The predicted octanol–water partition coefficient (Wildman–Crippen LogP) is 2.10. The maximum Gasteiger partial charge on any atom is 0.329 e. The minimum Gasteiger partial charge on any atom is -0.493 e. The number of anilines is 1. The van der Waals surface area contributed by atoms with Crippen molar-refractivity contribution in [3.63, 3.8) is 0 Å². The van der Waals surface area contributed by atoms with E-state index < -0.39 is 11.8 Å². The van der Waals surface area contributed by atoms with Crippen molar-refractivity contribution in [2.24, 2.45) is 5.10 Å². The van der Waals surface area contributed by atoms with Crippen molar-refractivity contribution in [3.05, 3.63) is 53.6 Å². The van der Waals surface area contributed by atoms with Gasteiger partial charge in [0, 0.05) is 11.8 Å². The molecule has 0 aromatic heterocycles. The van der Waals surface area contributed by atoms with Crippen LogP contribution in [0.3, 0.4) is 0 Å². The molecule has 2 N–H and O–H groups in total. The molecule has 0 aliphatic rings. The van der Waals surface area contributed by atoms with Gasteiger partial charge in [0.25, 0.3) is 0 Å². The third-order valence-corrected chi connectivity index (χ3v) is 3.30. The Balaban J connectivity index is 1.94. The largest absolute Gasteiger partial charge is 0.493 e. The average Bonchev–Trinajstić information content (AvgIpc) is 2.63. The van der Waals surface area contributed by atoms with Gasteiger partial charge in [0.15, 0.2) is 11.5 Å². The van der Waals surface area contributed by atoms with E-state index in [1.807, 2.05) is 31.2 Å². The van der Waals surface area contributed by atoms with E-state index >= 15 is 0 Å². The molecule has 0 atom stereocenters. The molecule has 2 amide bonds. The number of benzene rings is 2. The minimum absolute atomic E-state index is 0.403. The summed E-state index contributed by atoms with van der Waals surface area (Å²) in [6, 6.07) is 12.3. The van der Waals surface area contributed by atoms with E-state index in [0.717, 1.165) is 11.1 Å². The topological polar surface area (TPSA) is 89.0 Å².